The number of carbonyl (C=O) groups is 4. The summed E-state index contributed by atoms with van der Waals surface area (Å²) in [5.74, 6) is -6.95. The maximum atomic E-state index is 14.9. The SMILES string of the molecule is CCC1C=C(C)CC(C)CC(OC)C2OC(O)(C(=O)C(=O)N3CCCCC3C(=O)OC(C(C)=CC3CCC(OC)C(O)C3)C(C)C(O[Si](C(C)C)(C(C)C)C(C)C)CC1=O)C(C)CC2OC. The van der Waals surface area contributed by atoms with E-state index in [4.69, 9.17) is 28.1 Å². The second-order valence-electron chi connectivity index (χ2n) is 21.6. The molecule has 14 heteroatoms. The summed E-state index contributed by atoms with van der Waals surface area (Å²) < 4.78 is 38.1. The largest absolute Gasteiger partial charge is 0.456 e. The van der Waals surface area contributed by atoms with Crippen LogP contribution in [0, 0.1) is 29.6 Å². The van der Waals surface area contributed by atoms with E-state index >= 15 is 0 Å². The number of methoxy groups -OCH3 is 3. The summed E-state index contributed by atoms with van der Waals surface area (Å²) in [6, 6.07) is -1.11. The summed E-state index contributed by atoms with van der Waals surface area (Å²) in [4.78, 5) is 60.1. The Morgan fingerprint density at radius 1 is 0.864 bits per heavy atom. The van der Waals surface area contributed by atoms with Crippen molar-refractivity contribution in [2.45, 2.75) is 225 Å². The minimum absolute atomic E-state index is 0.0262. The van der Waals surface area contributed by atoms with Crippen LogP contribution in [0.3, 0.4) is 0 Å². The number of carbonyl (C=O) groups excluding carboxylic acids is 4. The second-order valence-corrected chi connectivity index (χ2v) is 27.0. The quantitative estimate of drug-likeness (QED) is 0.0877. The normalized spacial score (nSPS) is 36.8. The summed E-state index contributed by atoms with van der Waals surface area (Å²) in [5.41, 5.74) is 2.44. The molecule has 4 aliphatic rings. The molecule has 3 heterocycles. The number of hydrogen-bond acceptors (Lipinski definition) is 12. The topological polar surface area (TPSA) is 167 Å². The number of fused-ring (bicyclic) bond motifs is 3. The van der Waals surface area contributed by atoms with Crippen molar-refractivity contribution in [1.82, 2.24) is 4.90 Å². The Labute approximate surface area is 398 Å². The molecule has 3 fully saturated rings. The van der Waals surface area contributed by atoms with Gasteiger partial charge in [0.25, 0.3) is 11.7 Å². The van der Waals surface area contributed by atoms with Crippen LogP contribution in [0.15, 0.2) is 23.3 Å². The molecule has 2 saturated heterocycles. The van der Waals surface area contributed by atoms with Gasteiger partial charge in [-0.15, -0.1) is 0 Å². The third kappa shape index (κ3) is 12.7. The van der Waals surface area contributed by atoms with Crippen LogP contribution in [-0.4, -0.2) is 129 Å². The van der Waals surface area contributed by atoms with Crippen LogP contribution in [0.4, 0.5) is 0 Å². The van der Waals surface area contributed by atoms with Gasteiger partial charge in [0.2, 0.25) is 14.1 Å². The number of nitrogens with zero attached hydrogens (tertiary/aromatic N) is 1. The van der Waals surface area contributed by atoms with Crippen molar-refractivity contribution >= 4 is 31.8 Å². The molecule has 13 nitrogen and oxygen atoms in total. The number of esters is 1. The van der Waals surface area contributed by atoms with Gasteiger partial charge in [0.15, 0.2) is 0 Å². The molecule has 3 aliphatic heterocycles. The smallest absolute Gasteiger partial charge is 0.329 e. The van der Waals surface area contributed by atoms with Gasteiger partial charge < -0.3 is 43.2 Å². The molecule has 1 amide bonds. The molecule has 378 valence electrons. The van der Waals surface area contributed by atoms with E-state index in [-0.39, 0.29) is 72.1 Å². The first-order valence-corrected chi connectivity index (χ1v) is 27.4. The van der Waals surface area contributed by atoms with Crippen LogP contribution in [0.25, 0.3) is 0 Å². The molecular formula is C52H89NO12Si. The number of aliphatic hydroxyl groups excluding tert-OH is 1. The van der Waals surface area contributed by atoms with Crippen LogP contribution in [0.1, 0.15) is 154 Å². The maximum absolute atomic E-state index is 14.9. The van der Waals surface area contributed by atoms with Gasteiger partial charge in [-0.1, -0.05) is 87.0 Å². The molecule has 0 aromatic carbocycles. The van der Waals surface area contributed by atoms with Crippen molar-refractivity contribution in [1.29, 1.82) is 0 Å². The van der Waals surface area contributed by atoms with Gasteiger partial charge >= 0.3 is 5.97 Å². The predicted molar refractivity (Wildman–Crippen MR) is 258 cm³/mol. The fourth-order valence-corrected chi connectivity index (χ4v) is 17.9. The summed E-state index contributed by atoms with van der Waals surface area (Å²) in [7, 11) is 2.08. The van der Waals surface area contributed by atoms with Crippen molar-refractivity contribution in [3.8, 4) is 0 Å². The van der Waals surface area contributed by atoms with Gasteiger partial charge in [0.05, 0.1) is 30.5 Å². The Bertz CT molecular complexity index is 1680. The average molecular weight is 948 g/mol. The molecular weight excluding hydrogens is 859 g/mol. The minimum atomic E-state index is -2.64. The molecule has 0 radical (unpaired) electrons. The zero-order chi connectivity index (χ0) is 49.4. The molecule has 4 rings (SSSR count). The number of aliphatic hydroxyl groups is 2. The van der Waals surface area contributed by atoms with Gasteiger partial charge in [0, 0.05) is 52.0 Å². The molecule has 0 aromatic rings. The van der Waals surface area contributed by atoms with E-state index in [0.29, 0.717) is 44.9 Å². The Morgan fingerprint density at radius 3 is 2.03 bits per heavy atom. The zero-order valence-corrected chi connectivity index (χ0v) is 44.3. The highest BCUT2D eigenvalue weighted by Crippen LogP contribution is 2.46. The molecule has 2 N–H and O–H groups in total. The lowest BCUT2D eigenvalue weighted by molar-refractivity contribution is -0.302. The van der Waals surface area contributed by atoms with Gasteiger partial charge in [-0.05, 0) is 112 Å². The zero-order valence-electron chi connectivity index (χ0n) is 43.3. The van der Waals surface area contributed by atoms with E-state index in [2.05, 4.69) is 60.6 Å². The lowest BCUT2D eigenvalue weighted by Crippen LogP contribution is -2.64. The predicted octanol–water partition coefficient (Wildman–Crippen LogP) is 8.67. The van der Waals surface area contributed by atoms with Crippen molar-refractivity contribution in [2.24, 2.45) is 29.6 Å². The summed E-state index contributed by atoms with van der Waals surface area (Å²) in [5, 5.41) is 23.2. The van der Waals surface area contributed by atoms with Gasteiger partial charge in [0.1, 0.15) is 24.0 Å². The van der Waals surface area contributed by atoms with Crippen LogP contribution in [0.2, 0.25) is 16.6 Å². The first kappa shape index (κ1) is 56.3. The van der Waals surface area contributed by atoms with Crippen molar-refractivity contribution in [2.75, 3.05) is 27.9 Å². The summed E-state index contributed by atoms with van der Waals surface area (Å²) in [6.07, 6.45) is 5.15. The minimum Gasteiger partial charge on any atom is -0.456 e. The molecule has 1 aliphatic carbocycles. The molecule has 0 spiro atoms. The van der Waals surface area contributed by atoms with Gasteiger partial charge in [-0.3, -0.25) is 14.4 Å². The van der Waals surface area contributed by atoms with Crippen molar-refractivity contribution in [3.05, 3.63) is 23.3 Å². The van der Waals surface area contributed by atoms with E-state index in [0.717, 1.165) is 17.6 Å². The van der Waals surface area contributed by atoms with Crippen LogP contribution in [-0.2, 0) is 47.3 Å². The number of rotatable bonds is 11. The molecule has 66 heavy (non-hydrogen) atoms. The maximum Gasteiger partial charge on any atom is 0.329 e. The molecule has 14 atom stereocenters. The third-order valence-corrected chi connectivity index (χ3v) is 22.1. The Hall–Kier alpha value is -2.30. The Kier molecular flexibility index (Phi) is 20.9. The highest BCUT2D eigenvalue weighted by Gasteiger charge is 2.57. The van der Waals surface area contributed by atoms with E-state index in [1.807, 2.05) is 27.7 Å². The van der Waals surface area contributed by atoms with Crippen molar-refractivity contribution in [3.63, 3.8) is 0 Å². The number of ether oxygens (including phenoxy) is 5. The van der Waals surface area contributed by atoms with E-state index in [1.165, 1.54) is 4.90 Å². The number of ketones is 2. The number of Topliss-reactive ketones (excluding diaryl/α,β-unsaturated/α-hetero) is 2. The highest BCUT2D eigenvalue weighted by atomic mass is 28.4. The second kappa shape index (κ2) is 24.5. The van der Waals surface area contributed by atoms with E-state index in [1.54, 1.807) is 28.3 Å². The van der Waals surface area contributed by atoms with E-state index < -0.39 is 86.3 Å². The molecule has 14 unspecified atom stereocenters. The fourth-order valence-electron chi connectivity index (χ4n) is 12.2. The molecule has 0 aromatic heterocycles. The lowest BCUT2D eigenvalue weighted by Gasteiger charge is -2.47. The first-order valence-electron chi connectivity index (χ1n) is 25.3. The fraction of sp³-hybridized carbons (Fsp3) is 0.846. The third-order valence-electron chi connectivity index (χ3n) is 15.9. The monoisotopic (exact) mass is 948 g/mol. The van der Waals surface area contributed by atoms with Gasteiger partial charge in [-0.25, -0.2) is 4.79 Å². The summed E-state index contributed by atoms with van der Waals surface area (Å²) in [6.45, 7) is 25.2. The number of amides is 1. The van der Waals surface area contributed by atoms with Crippen LogP contribution < -0.4 is 0 Å². The Morgan fingerprint density at radius 2 is 1.47 bits per heavy atom. The molecule has 2 bridgehead atoms. The number of hydrogen-bond donors (Lipinski definition) is 2. The highest BCUT2D eigenvalue weighted by molar-refractivity contribution is 6.77. The number of piperidine rings is 1. The number of cyclic esters (lactones) is 1. The average Bonchev–Trinajstić information content (AvgIpc) is 3.27. The molecule has 1 saturated carbocycles. The van der Waals surface area contributed by atoms with E-state index in [9.17, 15) is 29.4 Å². The van der Waals surface area contributed by atoms with Crippen LogP contribution >= 0.6 is 0 Å². The summed E-state index contributed by atoms with van der Waals surface area (Å²) >= 11 is 0. The van der Waals surface area contributed by atoms with Gasteiger partial charge in [-0.2, -0.15) is 0 Å². The van der Waals surface area contributed by atoms with Crippen molar-refractivity contribution < 1.29 is 57.5 Å². The number of allylic oxidation sites excluding steroid dienone is 3. The first-order chi connectivity index (χ1) is 31.0. The Balaban J connectivity index is 1.93. The lowest BCUT2D eigenvalue weighted by atomic mass is 9.81. The standard InChI is InChI=1S/C52H89NO12Si/c1-16-39-24-33(8)23-34(9)25-45(61-14)48-46(62-15)27-36(11)52(59,64-48)49(56)50(57)53-22-18-17-19-40(53)51(58)63-47(35(10)26-38-20-21-43(60-13)42(55)28-38)37(12)44(29-41(39)54)65-66(30(2)3,31(4)5)32(6)7/h24,26,30-32,34,36-40,42-48,55,59H,16-23,25,27-29H2,1-15H3. The van der Waals surface area contributed by atoms with Crippen LogP contribution in [0.5, 0.6) is 0 Å².